The van der Waals surface area contributed by atoms with E-state index < -0.39 is 0 Å². The minimum Gasteiger partial charge on any atom is -0.348 e. The van der Waals surface area contributed by atoms with Gasteiger partial charge in [-0.05, 0) is 37.0 Å². The molecule has 3 aliphatic rings. The molecule has 0 unspecified atom stereocenters. The summed E-state index contributed by atoms with van der Waals surface area (Å²) in [6.07, 6.45) is 5.41. The smallest absolute Gasteiger partial charge is 0.254 e. The Balaban J connectivity index is 1.53. The van der Waals surface area contributed by atoms with Crippen LogP contribution in [0.1, 0.15) is 23.2 Å². The van der Waals surface area contributed by atoms with Crippen molar-refractivity contribution in [1.29, 1.82) is 0 Å². The Morgan fingerprint density at radius 3 is 2.63 bits per heavy atom. The summed E-state index contributed by atoms with van der Waals surface area (Å²) in [5.41, 5.74) is 2.19. The number of carbonyl (C=O) groups is 2. The molecule has 7 heteroatoms. The maximum Gasteiger partial charge on any atom is 0.254 e. The van der Waals surface area contributed by atoms with Gasteiger partial charge in [0, 0.05) is 57.7 Å². The minimum absolute atomic E-state index is 0.0537. The van der Waals surface area contributed by atoms with Gasteiger partial charge >= 0.3 is 0 Å². The van der Waals surface area contributed by atoms with Crippen molar-refractivity contribution in [2.75, 3.05) is 40.3 Å². The van der Waals surface area contributed by atoms with E-state index in [9.17, 15) is 9.59 Å². The lowest BCUT2D eigenvalue weighted by atomic mass is 9.94. The van der Waals surface area contributed by atoms with Crippen molar-refractivity contribution in [2.45, 2.75) is 18.9 Å². The molecule has 0 N–H and O–H groups in total. The summed E-state index contributed by atoms with van der Waals surface area (Å²) in [4.78, 5) is 39.7. The Labute approximate surface area is 159 Å². The van der Waals surface area contributed by atoms with Gasteiger partial charge in [-0.2, -0.15) is 0 Å². The maximum atomic E-state index is 13.2. The molecule has 3 fully saturated rings. The van der Waals surface area contributed by atoms with Crippen LogP contribution in [0.5, 0.6) is 0 Å². The molecule has 5 rings (SSSR count). The number of rotatable bonds is 3. The van der Waals surface area contributed by atoms with E-state index in [0.29, 0.717) is 18.0 Å². The molecule has 3 saturated heterocycles. The average molecular weight is 367 g/mol. The van der Waals surface area contributed by atoms with Crippen molar-refractivity contribution in [3.05, 3.63) is 36.2 Å². The average Bonchev–Trinajstić information content (AvgIpc) is 2.97. The third-order valence-electron chi connectivity index (χ3n) is 5.62. The molecule has 27 heavy (non-hydrogen) atoms. The quantitative estimate of drug-likeness (QED) is 0.817. The van der Waals surface area contributed by atoms with Gasteiger partial charge in [0.05, 0.1) is 17.6 Å². The van der Waals surface area contributed by atoms with Crippen LogP contribution in [0.3, 0.4) is 0 Å². The fraction of sp³-hybridized carbons (Fsp3) is 0.500. The summed E-state index contributed by atoms with van der Waals surface area (Å²) in [7, 11) is 3.57. The number of nitrogens with zero attached hydrogens (tertiary/aromatic N) is 5. The zero-order chi connectivity index (χ0) is 19.0. The largest absolute Gasteiger partial charge is 0.348 e. The standard InChI is InChI=1S/C20H25N5O2/c1-23(2)19(26)13-24-10-14-3-5-16(12-24)25(11-14)20(27)15-4-6-17-18(9-15)22-8-7-21-17/h4,6-9,14,16H,3,5,10-13H2,1-2H3/t14-,16+/m1/s1. The van der Waals surface area contributed by atoms with Crippen molar-refractivity contribution < 1.29 is 9.59 Å². The third kappa shape index (κ3) is 3.64. The maximum absolute atomic E-state index is 13.2. The first-order valence-corrected chi connectivity index (χ1v) is 9.45. The van der Waals surface area contributed by atoms with Crippen LogP contribution in [0.2, 0.25) is 0 Å². The van der Waals surface area contributed by atoms with Crippen molar-refractivity contribution in [3.8, 4) is 0 Å². The highest BCUT2D eigenvalue weighted by molar-refractivity contribution is 5.97. The van der Waals surface area contributed by atoms with Gasteiger partial charge in [0.15, 0.2) is 0 Å². The van der Waals surface area contributed by atoms with Crippen LogP contribution in [0.15, 0.2) is 30.6 Å². The normalized spacial score (nSPS) is 22.7. The van der Waals surface area contributed by atoms with Crippen molar-refractivity contribution in [3.63, 3.8) is 0 Å². The highest BCUT2D eigenvalue weighted by atomic mass is 16.2. The number of carbonyl (C=O) groups excluding carboxylic acids is 2. The van der Waals surface area contributed by atoms with Crippen molar-refractivity contribution in [1.82, 2.24) is 24.7 Å². The molecule has 2 amide bonds. The van der Waals surface area contributed by atoms with E-state index in [1.807, 2.05) is 23.1 Å². The van der Waals surface area contributed by atoms with E-state index >= 15 is 0 Å². The Kier molecular flexibility index (Phi) is 4.78. The Hall–Kier alpha value is -2.54. The number of hydrogen-bond acceptors (Lipinski definition) is 5. The molecule has 4 heterocycles. The Morgan fingerprint density at radius 1 is 1.07 bits per heavy atom. The number of benzene rings is 1. The second-order valence-corrected chi connectivity index (χ2v) is 7.80. The summed E-state index contributed by atoms with van der Waals surface area (Å²) in [5, 5.41) is 0. The summed E-state index contributed by atoms with van der Waals surface area (Å²) in [5.74, 6) is 0.586. The van der Waals surface area contributed by atoms with Gasteiger partial charge in [-0.15, -0.1) is 0 Å². The number of aromatic nitrogens is 2. The molecule has 0 aliphatic carbocycles. The zero-order valence-electron chi connectivity index (χ0n) is 15.8. The summed E-state index contributed by atoms with van der Waals surface area (Å²) < 4.78 is 0. The van der Waals surface area contributed by atoms with Crippen LogP contribution >= 0.6 is 0 Å². The van der Waals surface area contributed by atoms with Gasteiger partial charge in [-0.25, -0.2) is 0 Å². The second kappa shape index (κ2) is 7.23. The molecule has 2 atom stereocenters. The van der Waals surface area contributed by atoms with Gasteiger partial charge in [0.2, 0.25) is 5.91 Å². The van der Waals surface area contributed by atoms with Crippen molar-refractivity contribution >= 4 is 22.8 Å². The van der Waals surface area contributed by atoms with Gasteiger partial charge < -0.3 is 9.80 Å². The highest BCUT2D eigenvalue weighted by Crippen LogP contribution is 2.29. The van der Waals surface area contributed by atoms with Gasteiger partial charge in [0.25, 0.3) is 5.91 Å². The number of likely N-dealkylation sites (N-methyl/N-ethyl adjacent to an activating group) is 1. The molecule has 1 aromatic heterocycles. The monoisotopic (exact) mass is 367 g/mol. The van der Waals surface area contributed by atoms with E-state index in [-0.39, 0.29) is 17.9 Å². The second-order valence-electron chi connectivity index (χ2n) is 7.80. The first-order chi connectivity index (χ1) is 13.0. The molecule has 1 aromatic carbocycles. The van der Waals surface area contributed by atoms with E-state index in [1.54, 1.807) is 31.4 Å². The number of piperidine rings is 1. The van der Waals surface area contributed by atoms with E-state index in [0.717, 1.165) is 43.5 Å². The van der Waals surface area contributed by atoms with Crippen LogP contribution in [-0.2, 0) is 4.79 Å². The van der Waals surface area contributed by atoms with E-state index in [2.05, 4.69) is 14.9 Å². The van der Waals surface area contributed by atoms with E-state index in [4.69, 9.17) is 0 Å². The summed E-state index contributed by atoms with van der Waals surface area (Å²) >= 11 is 0. The molecule has 7 nitrogen and oxygen atoms in total. The fourth-order valence-corrected chi connectivity index (χ4v) is 4.15. The molecular formula is C20H25N5O2. The van der Waals surface area contributed by atoms with Crippen LogP contribution in [-0.4, -0.2) is 82.8 Å². The molecule has 0 radical (unpaired) electrons. The van der Waals surface area contributed by atoms with Gasteiger partial charge in [-0.1, -0.05) is 0 Å². The molecular weight excluding hydrogens is 342 g/mol. The summed E-state index contributed by atoms with van der Waals surface area (Å²) in [6, 6.07) is 5.68. The van der Waals surface area contributed by atoms with Crippen LogP contribution in [0.25, 0.3) is 11.0 Å². The first kappa shape index (κ1) is 17.9. The van der Waals surface area contributed by atoms with Gasteiger partial charge in [0.1, 0.15) is 0 Å². The third-order valence-corrected chi connectivity index (χ3v) is 5.62. The molecule has 2 bridgehead atoms. The SMILES string of the molecule is CN(C)C(=O)CN1C[C@H]2CC[C@@H](C1)N(C(=O)c1ccc3nccnc3c1)C2. The van der Waals surface area contributed by atoms with Gasteiger partial charge in [-0.3, -0.25) is 24.5 Å². The molecule has 0 saturated carbocycles. The van der Waals surface area contributed by atoms with Crippen molar-refractivity contribution in [2.24, 2.45) is 5.92 Å². The predicted octanol–water partition coefficient (Wildman–Crippen LogP) is 1.25. The number of hydrogen-bond donors (Lipinski definition) is 0. The number of fused-ring (bicyclic) bond motifs is 5. The topological polar surface area (TPSA) is 69.6 Å². The lowest BCUT2D eigenvalue weighted by Crippen LogP contribution is -2.47. The molecule has 2 aromatic rings. The molecule has 0 spiro atoms. The number of amides is 2. The Bertz CT molecular complexity index is 868. The summed E-state index contributed by atoms with van der Waals surface area (Å²) in [6.45, 7) is 2.82. The predicted molar refractivity (Wildman–Crippen MR) is 102 cm³/mol. The van der Waals surface area contributed by atoms with Crippen LogP contribution in [0, 0.1) is 5.92 Å². The van der Waals surface area contributed by atoms with Crippen LogP contribution < -0.4 is 0 Å². The van der Waals surface area contributed by atoms with E-state index in [1.165, 1.54) is 0 Å². The lowest BCUT2D eigenvalue weighted by Gasteiger charge is -2.36. The lowest BCUT2D eigenvalue weighted by molar-refractivity contribution is -0.129. The molecule has 3 aliphatic heterocycles. The fourth-order valence-electron chi connectivity index (χ4n) is 4.15. The Morgan fingerprint density at radius 2 is 1.85 bits per heavy atom. The minimum atomic E-state index is 0.0537. The highest BCUT2D eigenvalue weighted by Gasteiger charge is 2.38. The first-order valence-electron chi connectivity index (χ1n) is 9.45. The van der Waals surface area contributed by atoms with Crippen LogP contribution in [0.4, 0.5) is 0 Å². The molecule has 142 valence electrons. The zero-order valence-corrected chi connectivity index (χ0v) is 15.8.